The van der Waals surface area contributed by atoms with Gasteiger partial charge in [-0.25, -0.2) is 6.92 Å². The number of aromatic nitrogens is 1. The van der Waals surface area contributed by atoms with Crippen LogP contribution in [0.25, 0.3) is 10.8 Å². The van der Waals surface area contributed by atoms with E-state index in [9.17, 15) is 0 Å². The van der Waals surface area contributed by atoms with Crippen molar-refractivity contribution in [3.63, 3.8) is 0 Å². The molecule has 0 atom stereocenters. The van der Waals surface area contributed by atoms with Crippen LogP contribution in [-0.2, 0) is 98.3 Å². The Labute approximate surface area is 175 Å². The minimum atomic E-state index is 0. The number of benzene rings is 1. The van der Waals surface area contributed by atoms with Crippen LogP contribution < -0.4 is 0 Å². The van der Waals surface area contributed by atoms with Crippen molar-refractivity contribution in [3.8, 4) is 0 Å². The molecule has 0 saturated carbocycles. The van der Waals surface area contributed by atoms with E-state index in [1.807, 2.05) is 0 Å². The quantitative estimate of drug-likeness (QED) is 0.552. The molecule has 2 rings (SSSR count). The normalized spacial score (nSPS) is 9.00. The molecule has 99 valence electrons. The van der Waals surface area contributed by atoms with Crippen LogP contribution in [0, 0.1) is 6.92 Å². The van der Waals surface area contributed by atoms with E-state index in [-0.39, 0.29) is 98.3 Å². The van der Waals surface area contributed by atoms with Crippen molar-refractivity contribution in [3.05, 3.63) is 43.1 Å². The van der Waals surface area contributed by atoms with Crippen molar-refractivity contribution in [2.75, 3.05) is 0 Å². The molecule has 1 nitrogen and oxygen atoms in total. The zero-order valence-electron chi connectivity index (χ0n) is 11.3. The first-order chi connectivity index (χ1) is 6.50. The van der Waals surface area contributed by atoms with E-state index in [1.165, 1.54) is 10.8 Å². The molecule has 0 aliphatic rings. The van der Waals surface area contributed by atoms with Gasteiger partial charge in [-0.3, -0.25) is 0 Å². The van der Waals surface area contributed by atoms with Crippen LogP contribution in [0.15, 0.2) is 30.5 Å². The Morgan fingerprint density at radius 2 is 1.37 bits per heavy atom. The van der Waals surface area contributed by atoms with Gasteiger partial charge in [0, 0.05) is 98.3 Å². The van der Waals surface area contributed by atoms with E-state index < -0.39 is 0 Å². The van der Waals surface area contributed by atoms with Crippen molar-refractivity contribution in [1.29, 1.82) is 0 Å². The van der Waals surface area contributed by atoms with Gasteiger partial charge in [-0.1, -0.05) is 23.6 Å². The second kappa shape index (κ2) is 11.2. The summed E-state index contributed by atoms with van der Waals surface area (Å²) in [5.41, 5.74) is 1.21. The van der Waals surface area contributed by atoms with Gasteiger partial charge >= 0.3 is 0 Å². The molecular weight excluding hydrogens is 425 g/mol. The van der Waals surface area contributed by atoms with Crippen molar-refractivity contribution >= 4 is 10.8 Å². The fourth-order valence-corrected chi connectivity index (χ4v) is 1.82. The van der Waals surface area contributed by atoms with Gasteiger partial charge in [0.1, 0.15) is 0 Å². The van der Waals surface area contributed by atoms with Gasteiger partial charge in [-0.2, -0.15) is 0 Å². The number of nitrogens with zero attached hydrogens (tertiary/aromatic N) is 1. The first-order valence-electron chi connectivity index (χ1n) is 4.92. The van der Waals surface area contributed by atoms with Crippen LogP contribution in [0.2, 0.25) is 0 Å². The summed E-state index contributed by atoms with van der Waals surface area (Å²) in [6, 6.07) is 8.38. The molecule has 0 aliphatic heterocycles. The van der Waals surface area contributed by atoms with E-state index >= 15 is 0 Å². The summed E-state index contributed by atoms with van der Waals surface area (Å²) in [5.74, 6) is 0. The van der Waals surface area contributed by atoms with Gasteiger partial charge in [0.15, 0.2) is 0 Å². The summed E-state index contributed by atoms with van der Waals surface area (Å²) in [4.78, 5) is 0. The number of rotatable bonds is 0. The fraction of sp³-hybridized carbons (Fsp3) is 0.308. The standard InChI is InChI=1S/C13H16N.5V/c1-10-12-8-6-5-7-11(12)9-14(10)13(2,3)4;;;;;/h5-9H,1H2,2-4H3;;;;;/q-1;;;;;. The van der Waals surface area contributed by atoms with Crippen molar-refractivity contribution in [2.45, 2.75) is 26.3 Å². The summed E-state index contributed by atoms with van der Waals surface area (Å²) >= 11 is 0. The summed E-state index contributed by atoms with van der Waals surface area (Å²) in [5, 5.41) is 2.52. The third kappa shape index (κ3) is 6.45. The van der Waals surface area contributed by atoms with Crippen molar-refractivity contribution in [1.82, 2.24) is 4.57 Å². The smallest absolute Gasteiger partial charge is 0.0327 e. The zero-order valence-corrected chi connectivity index (χ0v) is 18.3. The van der Waals surface area contributed by atoms with Crippen molar-refractivity contribution in [2.24, 2.45) is 0 Å². The van der Waals surface area contributed by atoms with E-state index in [2.05, 4.69) is 62.7 Å². The van der Waals surface area contributed by atoms with Crippen molar-refractivity contribution < 1.29 is 92.8 Å². The molecule has 1 aromatic carbocycles. The predicted molar refractivity (Wildman–Crippen MR) is 61.4 cm³/mol. The predicted octanol–water partition coefficient (Wildman–Crippen LogP) is 3.57. The third-order valence-electron chi connectivity index (χ3n) is 2.55. The molecule has 19 heavy (non-hydrogen) atoms. The number of hydrogen-bond acceptors (Lipinski definition) is 0. The molecule has 0 spiro atoms. The van der Waals surface area contributed by atoms with E-state index in [1.54, 1.807) is 0 Å². The molecule has 0 N–H and O–H groups in total. The average molecular weight is 441 g/mol. The third-order valence-corrected chi connectivity index (χ3v) is 2.55. The van der Waals surface area contributed by atoms with Crippen LogP contribution in [0.1, 0.15) is 26.5 Å². The van der Waals surface area contributed by atoms with Gasteiger partial charge in [-0.15, -0.1) is 17.1 Å². The Kier molecular flexibility index (Phi) is 16.8. The molecule has 2 aromatic rings. The molecule has 5 radical (unpaired) electrons. The van der Waals surface area contributed by atoms with E-state index in [0.717, 1.165) is 5.69 Å². The molecule has 6 heteroatoms. The van der Waals surface area contributed by atoms with Gasteiger partial charge in [-0.05, 0) is 27.0 Å². The minimum Gasteiger partial charge on any atom is -0.377 e. The summed E-state index contributed by atoms with van der Waals surface area (Å²) in [7, 11) is 0. The molecule has 0 amide bonds. The summed E-state index contributed by atoms with van der Waals surface area (Å²) in [6.45, 7) is 10.7. The maximum absolute atomic E-state index is 4.14. The van der Waals surface area contributed by atoms with Gasteiger partial charge in [0.25, 0.3) is 0 Å². The number of fused-ring (bicyclic) bond motifs is 1. The van der Waals surface area contributed by atoms with Crippen LogP contribution in [0.3, 0.4) is 0 Å². The van der Waals surface area contributed by atoms with Crippen LogP contribution in [0.5, 0.6) is 0 Å². The van der Waals surface area contributed by atoms with Crippen LogP contribution >= 0.6 is 0 Å². The Balaban J connectivity index is -0.000000225. The summed E-state index contributed by atoms with van der Waals surface area (Å²) in [6.07, 6.45) is 2.18. The summed E-state index contributed by atoms with van der Waals surface area (Å²) < 4.78 is 2.23. The average Bonchev–Trinajstić information content (AvgIpc) is 2.44. The van der Waals surface area contributed by atoms with Gasteiger partial charge < -0.3 is 4.57 Å². The number of hydrogen-bond donors (Lipinski definition) is 0. The Hall–Kier alpha value is 1.55. The Morgan fingerprint density at radius 3 is 1.79 bits per heavy atom. The first-order valence-corrected chi connectivity index (χ1v) is 4.92. The second-order valence-corrected chi connectivity index (χ2v) is 4.70. The molecule has 0 aliphatic carbocycles. The first kappa shape index (κ1) is 28.7. The molecule has 0 saturated heterocycles. The van der Waals surface area contributed by atoms with Gasteiger partial charge in [0.05, 0.1) is 0 Å². The maximum atomic E-state index is 4.14. The van der Waals surface area contributed by atoms with Gasteiger partial charge in [0.2, 0.25) is 0 Å². The SMILES string of the molecule is [CH2-]c1c2ccccc2cn1C(C)(C)C.[V].[V].[V].[V].[V]. The Bertz CT molecular complexity index is 473. The van der Waals surface area contributed by atoms with E-state index in [4.69, 9.17) is 0 Å². The molecule has 0 unspecified atom stereocenters. The monoisotopic (exact) mass is 441 g/mol. The molecule has 0 fully saturated rings. The fourth-order valence-electron chi connectivity index (χ4n) is 1.82. The molecule has 1 heterocycles. The van der Waals surface area contributed by atoms with E-state index in [0.29, 0.717) is 0 Å². The molecule has 1 aromatic heterocycles. The second-order valence-electron chi connectivity index (χ2n) is 4.70. The van der Waals surface area contributed by atoms with Crippen LogP contribution in [0.4, 0.5) is 0 Å². The van der Waals surface area contributed by atoms with Crippen LogP contribution in [-0.4, -0.2) is 4.57 Å². The molecule has 0 bridgehead atoms. The minimum absolute atomic E-state index is 0. The largest absolute Gasteiger partial charge is 0.377 e. The topological polar surface area (TPSA) is 4.93 Å². The Morgan fingerprint density at radius 1 is 0.895 bits per heavy atom. The zero-order chi connectivity index (χ0) is 10.3. The maximum Gasteiger partial charge on any atom is 0.0327 e. The molecular formula is C13H16NV5-.